The molecule has 11 heavy (non-hydrogen) atoms. The normalized spacial score (nSPS) is 7.00. The Labute approximate surface area is 65.5 Å². The molecule has 0 aliphatic carbocycles. The summed E-state index contributed by atoms with van der Waals surface area (Å²) in [5.74, 6) is 0. The predicted octanol–water partition coefficient (Wildman–Crippen LogP) is 0.346. The summed E-state index contributed by atoms with van der Waals surface area (Å²) in [6.07, 6.45) is 2.59. The second-order valence-electron chi connectivity index (χ2n) is 1.74. The number of nitrogens with two attached hydrogens (primary N) is 1. The fraction of sp³-hybridized carbons (Fsp3) is 0.667. The SMILES string of the molecule is CCCCNC(N)=O.[N-]=C=O. The molecular formula is C6H12N3O2-. The Kier molecular flexibility index (Phi) is 12.8. The monoisotopic (exact) mass is 158 g/mol. The Balaban J connectivity index is 0. The van der Waals surface area contributed by atoms with Crippen LogP contribution in [0.15, 0.2) is 0 Å². The molecule has 3 N–H and O–H groups in total. The van der Waals surface area contributed by atoms with Crippen LogP contribution in [0.3, 0.4) is 0 Å². The average molecular weight is 158 g/mol. The van der Waals surface area contributed by atoms with E-state index in [2.05, 4.69) is 12.2 Å². The second kappa shape index (κ2) is 11.4. The van der Waals surface area contributed by atoms with E-state index in [1.165, 1.54) is 0 Å². The highest BCUT2D eigenvalue weighted by Gasteiger charge is 1.86. The van der Waals surface area contributed by atoms with Crippen molar-refractivity contribution in [2.45, 2.75) is 19.8 Å². The van der Waals surface area contributed by atoms with Crippen LogP contribution in [0.5, 0.6) is 0 Å². The lowest BCUT2D eigenvalue weighted by atomic mass is 10.3. The number of hydrogen-bond donors (Lipinski definition) is 2. The van der Waals surface area contributed by atoms with Crippen LogP contribution in [0.2, 0.25) is 0 Å². The Hall–Kier alpha value is -1.35. The zero-order valence-electron chi connectivity index (χ0n) is 6.46. The molecule has 0 spiro atoms. The summed E-state index contributed by atoms with van der Waals surface area (Å²) in [7, 11) is 0. The van der Waals surface area contributed by atoms with Crippen molar-refractivity contribution in [1.82, 2.24) is 5.32 Å². The van der Waals surface area contributed by atoms with Crippen molar-refractivity contribution >= 4 is 12.1 Å². The van der Waals surface area contributed by atoms with E-state index in [4.69, 9.17) is 15.9 Å². The number of isocyanates is 1. The minimum Gasteiger partial charge on any atom is -0.724 e. The van der Waals surface area contributed by atoms with Crippen LogP contribution >= 0.6 is 0 Å². The maximum absolute atomic E-state index is 9.99. The molecular weight excluding hydrogens is 146 g/mol. The number of carbonyl (C=O) groups is 1. The molecule has 0 aliphatic rings. The van der Waals surface area contributed by atoms with Gasteiger partial charge in [0.25, 0.3) is 0 Å². The van der Waals surface area contributed by atoms with E-state index in [0.29, 0.717) is 12.6 Å². The average Bonchev–Trinajstić information content (AvgIpc) is 1.89. The van der Waals surface area contributed by atoms with Gasteiger partial charge >= 0.3 is 6.03 Å². The number of carbonyl (C=O) groups excluding carboxylic acids is 2. The summed E-state index contributed by atoms with van der Waals surface area (Å²) in [5.41, 5.74) is 4.78. The lowest BCUT2D eigenvalue weighted by Crippen LogP contribution is -2.29. The lowest BCUT2D eigenvalue weighted by molar-refractivity contribution is 0.249. The van der Waals surface area contributed by atoms with Crippen LogP contribution in [0.25, 0.3) is 5.41 Å². The first-order valence-corrected chi connectivity index (χ1v) is 3.23. The van der Waals surface area contributed by atoms with E-state index in [-0.39, 0.29) is 0 Å². The first-order valence-electron chi connectivity index (χ1n) is 3.23. The molecule has 0 radical (unpaired) electrons. The number of amides is 2. The third kappa shape index (κ3) is 28.7. The number of urea groups is 1. The highest BCUT2D eigenvalue weighted by molar-refractivity contribution is 5.71. The van der Waals surface area contributed by atoms with E-state index in [1.54, 1.807) is 0 Å². The van der Waals surface area contributed by atoms with Crippen molar-refractivity contribution in [2.75, 3.05) is 6.54 Å². The molecule has 0 aromatic carbocycles. The molecule has 0 saturated heterocycles. The number of unbranched alkanes of at least 4 members (excludes halogenated alkanes) is 1. The predicted molar refractivity (Wildman–Crippen MR) is 41.5 cm³/mol. The molecule has 2 amide bonds. The topological polar surface area (TPSA) is 94.5 Å². The summed E-state index contributed by atoms with van der Waals surface area (Å²) in [6.45, 7) is 2.76. The molecule has 0 heterocycles. The maximum atomic E-state index is 9.99. The van der Waals surface area contributed by atoms with Crippen LogP contribution in [-0.4, -0.2) is 18.7 Å². The minimum absolute atomic E-state index is 0.432. The third-order valence-electron chi connectivity index (χ3n) is 0.830. The van der Waals surface area contributed by atoms with Crippen LogP contribution in [-0.2, 0) is 4.79 Å². The van der Waals surface area contributed by atoms with Crippen molar-refractivity contribution in [3.8, 4) is 0 Å². The van der Waals surface area contributed by atoms with Crippen LogP contribution < -0.4 is 11.1 Å². The molecule has 0 fully saturated rings. The van der Waals surface area contributed by atoms with E-state index in [0.717, 1.165) is 12.8 Å². The van der Waals surface area contributed by atoms with Crippen molar-refractivity contribution in [3.05, 3.63) is 5.41 Å². The fourth-order valence-electron chi connectivity index (χ4n) is 0.388. The third-order valence-corrected chi connectivity index (χ3v) is 0.830. The molecule has 0 aromatic rings. The second-order valence-corrected chi connectivity index (χ2v) is 1.74. The number of nitrogens with zero attached hydrogens (tertiary/aromatic N) is 1. The van der Waals surface area contributed by atoms with E-state index in [1.807, 2.05) is 0 Å². The number of rotatable bonds is 3. The smallest absolute Gasteiger partial charge is 0.312 e. The fourth-order valence-corrected chi connectivity index (χ4v) is 0.388. The Bertz CT molecular complexity index is 130. The summed E-state index contributed by atoms with van der Waals surface area (Å²) >= 11 is 0. The first-order chi connectivity index (χ1) is 5.18. The van der Waals surface area contributed by atoms with Gasteiger partial charge in [0.15, 0.2) is 0 Å². The molecule has 5 nitrogen and oxygen atoms in total. The summed E-state index contributed by atoms with van der Waals surface area (Å²) in [4.78, 5) is 18.2. The largest absolute Gasteiger partial charge is 0.724 e. The highest BCUT2D eigenvalue weighted by Crippen LogP contribution is 1.80. The van der Waals surface area contributed by atoms with Crippen molar-refractivity contribution in [3.63, 3.8) is 0 Å². The van der Waals surface area contributed by atoms with Gasteiger partial charge in [-0.05, 0) is 12.5 Å². The van der Waals surface area contributed by atoms with Crippen LogP contribution in [0.1, 0.15) is 19.8 Å². The molecule has 0 rings (SSSR count). The number of hydrogen-bond acceptors (Lipinski definition) is 2. The van der Waals surface area contributed by atoms with Gasteiger partial charge in [-0.25, -0.2) is 4.79 Å². The van der Waals surface area contributed by atoms with Crippen molar-refractivity contribution in [2.24, 2.45) is 5.73 Å². The molecule has 0 unspecified atom stereocenters. The van der Waals surface area contributed by atoms with Gasteiger partial charge in [0.1, 0.15) is 0 Å². The molecule has 0 aromatic heterocycles. The Morgan fingerprint density at radius 3 is 2.45 bits per heavy atom. The summed E-state index contributed by atoms with van der Waals surface area (Å²) < 4.78 is 0. The molecule has 0 aliphatic heterocycles. The quantitative estimate of drug-likeness (QED) is 0.352. The van der Waals surface area contributed by atoms with Gasteiger partial charge in [-0.1, -0.05) is 13.3 Å². The van der Waals surface area contributed by atoms with Crippen molar-refractivity contribution < 1.29 is 9.59 Å². The zero-order chi connectivity index (χ0) is 9.11. The van der Waals surface area contributed by atoms with Gasteiger partial charge in [-0.15, -0.1) is 0 Å². The van der Waals surface area contributed by atoms with Gasteiger partial charge in [0, 0.05) is 6.54 Å². The molecule has 0 saturated carbocycles. The molecule has 64 valence electrons. The first kappa shape index (κ1) is 12.3. The zero-order valence-corrected chi connectivity index (χ0v) is 6.46. The van der Waals surface area contributed by atoms with Gasteiger partial charge in [-0.3, -0.25) is 4.79 Å². The lowest BCUT2D eigenvalue weighted by Gasteiger charge is -1.96. The summed E-state index contributed by atoms with van der Waals surface area (Å²) in [5, 5.41) is 9.25. The Morgan fingerprint density at radius 2 is 2.18 bits per heavy atom. The van der Waals surface area contributed by atoms with Crippen molar-refractivity contribution in [1.29, 1.82) is 0 Å². The van der Waals surface area contributed by atoms with Gasteiger partial charge < -0.3 is 16.5 Å². The van der Waals surface area contributed by atoms with Gasteiger partial charge in [-0.2, -0.15) is 0 Å². The van der Waals surface area contributed by atoms with E-state index in [9.17, 15) is 4.79 Å². The molecule has 0 bridgehead atoms. The van der Waals surface area contributed by atoms with E-state index < -0.39 is 6.03 Å². The van der Waals surface area contributed by atoms with Gasteiger partial charge in [0.2, 0.25) is 0 Å². The highest BCUT2D eigenvalue weighted by atomic mass is 16.2. The van der Waals surface area contributed by atoms with Crippen LogP contribution in [0, 0.1) is 0 Å². The minimum atomic E-state index is -0.432. The van der Waals surface area contributed by atoms with E-state index >= 15 is 0 Å². The number of primary amides is 1. The number of nitrogens with one attached hydrogen (secondary N) is 1. The van der Waals surface area contributed by atoms with Gasteiger partial charge in [0.05, 0.1) is 0 Å². The van der Waals surface area contributed by atoms with Crippen LogP contribution in [0.4, 0.5) is 4.79 Å². The Morgan fingerprint density at radius 1 is 1.73 bits per heavy atom. The summed E-state index contributed by atoms with van der Waals surface area (Å²) in [6, 6.07) is -0.432. The molecule has 0 atom stereocenters. The maximum Gasteiger partial charge on any atom is 0.312 e. The standard InChI is InChI=1S/C5H12N2O.CNO/c1-2-3-4-7-5(6)8;2-1-3/h2-4H2,1H3,(H3,6,7,8);/q;-1. The molecule has 5 heteroatoms.